The van der Waals surface area contributed by atoms with Gasteiger partial charge in [0.2, 0.25) is 5.91 Å². The number of carbonyl (C=O) groups excluding carboxylic acids is 1. The summed E-state index contributed by atoms with van der Waals surface area (Å²) in [5.74, 6) is -1.19. The third-order valence-corrected chi connectivity index (χ3v) is 6.34. The van der Waals surface area contributed by atoms with E-state index in [9.17, 15) is 18.7 Å². The maximum atomic E-state index is 14.0. The Hall–Kier alpha value is -1.53. The summed E-state index contributed by atoms with van der Waals surface area (Å²) in [5, 5.41) is 10.7. The summed E-state index contributed by atoms with van der Waals surface area (Å²) in [6, 6.07) is 3.70. The second kappa shape index (κ2) is 6.32. The van der Waals surface area contributed by atoms with E-state index in [0.29, 0.717) is 19.5 Å². The first-order valence-corrected chi connectivity index (χ1v) is 8.85. The molecule has 0 spiro atoms. The molecule has 2 fully saturated rings. The largest absolute Gasteiger partial charge is 0.385 e. The van der Waals surface area contributed by atoms with Crippen LogP contribution in [0.5, 0.6) is 0 Å². The smallest absolute Gasteiger partial charge is 0.222 e. The van der Waals surface area contributed by atoms with Crippen LogP contribution in [0.25, 0.3) is 0 Å². The van der Waals surface area contributed by atoms with Gasteiger partial charge in [0.15, 0.2) is 0 Å². The molecule has 2 aliphatic rings. The predicted octanol–water partition coefficient (Wildman–Crippen LogP) is 2.54. The molecule has 3 N–H and O–H groups in total. The van der Waals surface area contributed by atoms with Crippen LogP contribution in [-0.4, -0.2) is 35.0 Å². The number of rotatable bonds is 3. The molecule has 6 heteroatoms. The molecule has 1 aliphatic carbocycles. The van der Waals surface area contributed by atoms with Crippen molar-refractivity contribution in [3.8, 4) is 0 Å². The molecule has 138 valence electrons. The number of nitrogens with zero attached hydrogens (tertiary/aromatic N) is 1. The molecular weight excluding hydrogens is 326 g/mol. The minimum absolute atomic E-state index is 0.0287. The number of carbonyl (C=O) groups is 1. The van der Waals surface area contributed by atoms with Crippen LogP contribution in [0.4, 0.5) is 8.78 Å². The van der Waals surface area contributed by atoms with Crippen molar-refractivity contribution in [1.82, 2.24) is 4.90 Å². The average molecular weight is 352 g/mol. The van der Waals surface area contributed by atoms with E-state index in [0.717, 1.165) is 18.6 Å². The number of hydrogen-bond acceptors (Lipinski definition) is 3. The zero-order valence-electron chi connectivity index (χ0n) is 14.8. The highest BCUT2D eigenvalue weighted by atomic mass is 19.1. The zero-order chi connectivity index (χ0) is 18.4. The molecule has 0 aromatic heterocycles. The Balaban J connectivity index is 1.63. The van der Waals surface area contributed by atoms with Gasteiger partial charge in [0.25, 0.3) is 0 Å². The number of aliphatic hydroxyl groups is 1. The summed E-state index contributed by atoms with van der Waals surface area (Å²) in [6.45, 7) is 4.74. The number of amides is 1. The zero-order valence-corrected chi connectivity index (χ0v) is 14.8. The molecule has 1 saturated carbocycles. The summed E-state index contributed by atoms with van der Waals surface area (Å²) in [4.78, 5) is 14.2. The van der Waals surface area contributed by atoms with E-state index in [1.165, 1.54) is 6.07 Å². The van der Waals surface area contributed by atoms with Gasteiger partial charge in [-0.2, -0.15) is 0 Å². The molecule has 2 atom stereocenters. The van der Waals surface area contributed by atoms with Crippen LogP contribution in [0, 0.1) is 23.0 Å². The number of likely N-dealkylation sites (tertiary alicyclic amines) is 1. The summed E-state index contributed by atoms with van der Waals surface area (Å²) < 4.78 is 28.0. The first-order chi connectivity index (χ1) is 11.6. The lowest BCUT2D eigenvalue weighted by atomic mass is 9.58. The molecule has 1 aromatic rings. The maximum absolute atomic E-state index is 14.0. The first kappa shape index (κ1) is 18.3. The third-order valence-electron chi connectivity index (χ3n) is 6.34. The van der Waals surface area contributed by atoms with Gasteiger partial charge in [0, 0.05) is 25.6 Å². The number of benzene rings is 1. The Labute approximate surface area is 147 Å². The lowest BCUT2D eigenvalue weighted by molar-refractivity contribution is -0.140. The van der Waals surface area contributed by atoms with Gasteiger partial charge >= 0.3 is 0 Å². The van der Waals surface area contributed by atoms with E-state index in [2.05, 4.69) is 13.8 Å². The molecule has 4 nitrogen and oxygen atoms in total. The highest BCUT2D eigenvalue weighted by Gasteiger charge is 2.47. The Morgan fingerprint density at radius 2 is 1.84 bits per heavy atom. The van der Waals surface area contributed by atoms with Crippen molar-refractivity contribution >= 4 is 5.91 Å². The fourth-order valence-corrected chi connectivity index (χ4v) is 4.06. The van der Waals surface area contributed by atoms with Crippen molar-refractivity contribution in [3.05, 3.63) is 35.4 Å². The molecule has 0 radical (unpaired) electrons. The monoisotopic (exact) mass is 352 g/mol. The predicted molar refractivity (Wildman–Crippen MR) is 90.5 cm³/mol. The van der Waals surface area contributed by atoms with Crippen molar-refractivity contribution in [2.45, 2.75) is 51.2 Å². The number of piperidine rings is 1. The molecule has 0 bridgehead atoms. The van der Waals surface area contributed by atoms with E-state index in [-0.39, 0.29) is 41.7 Å². The SMILES string of the molecule is CC1(C)C(N)CC1CC(=O)N1CCC(O)(c2c(F)cccc2F)CC1. The molecule has 1 aliphatic heterocycles. The Kier molecular flexibility index (Phi) is 4.62. The molecule has 3 rings (SSSR count). The highest BCUT2D eigenvalue weighted by Crippen LogP contribution is 2.47. The van der Waals surface area contributed by atoms with E-state index < -0.39 is 17.2 Å². The quantitative estimate of drug-likeness (QED) is 0.879. The summed E-state index contributed by atoms with van der Waals surface area (Å²) >= 11 is 0. The Morgan fingerprint density at radius 1 is 1.28 bits per heavy atom. The third kappa shape index (κ3) is 3.17. The van der Waals surface area contributed by atoms with E-state index in [1.54, 1.807) is 4.90 Å². The van der Waals surface area contributed by atoms with Crippen LogP contribution in [0.15, 0.2) is 18.2 Å². The van der Waals surface area contributed by atoms with Gasteiger partial charge in [0.1, 0.15) is 11.6 Å². The molecule has 1 aromatic carbocycles. The lowest BCUT2D eigenvalue weighted by Gasteiger charge is -2.51. The van der Waals surface area contributed by atoms with E-state index >= 15 is 0 Å². The van der Waals surface area contributed by atoms with Crippen LogP contribution in [0.1, 0.15) is 45.1 Å². The molecule has 25 heavy (non-hydrogen) atoms. The standard InChI is InChI=1S/C19H26F2N2O2/c1-18(2)12(10-15(18)22)11-16(24)23-8-6-19(25,7-9-23)17-13(20)4-3-5-14(17)21/h3-5,12,15,25H,6-11,22H2,1-2H3. The van der Waals surface area contributed by atoms with Gasteiger partial charge in [-0.15, -0.1) is 0 Å². The van der Waals surface area contributed by atoms with Gasteiger partial charge in [0.05, 0.1) is 11.2 Å². The molecular formula is C19H26F2N2O2. The number of nitrogens with two attached hydrogens (primary N) is 1. The minimum atomic E-state index is -1.57. The normalized spacial score (nSPS) is 27.7. The van der Waals surface area contributed by atoms with E-state index in [4.69, 9.17) is 5.73 Å². The van der Waals surface area contributed by atoms with Crippen molar-refractivity contribution in [3.63, 3.8) is 0 Å². The number of halogens is 2. The number of hydrogen-bond donors (Lipinski definition) is 2. The van der Waals surface area contributed by atoms with Gasteiger partial charge < -0.3 is 15.7 Å². The van der Waals surface area contributed by atoms with Crippen LogP contribution >= 0.6 is 0 Å². The van der Waals surface area contributed by atoms with Gasteiger partial charge in [-0.3, -0.25) is 4.79 Å². The minimum Gasteiger partial charge on any atom is -0.385 e. The van der Waals surface area contributed by atoms with Gasteiger partial charge in [-0.1, -0.05) is 19.9 Å². The van der Waals surface area contributed by atoms with Crippen LogP contribution in [-0.2, 0) is 10.4 Å². The second-order valence-electron chi connectivity index (χ2n) is 8.07. The Morgan fingerprint density at radius 3 is 2.32 bits per heavy atom. The van der Waals surface area contributed by atoms with Gasteiger partial charge in [-0.25, -0.2) is 8.78 Å². The lowest BCUT2D eigenvalue weighted by Crippen LogP contribution is -2.56. The summed E-state index contributed by atoms with van der Waals surface area (Å²) in [7, 11) is 0. The Bertz CT molecular complexity index is 649. The molecule has 1 saturated heterocycles. The fourth-order valence-electron chi connectivity index (χ4n) is 4.06. The van der Waals surface area contributed by atoms with E-state index in [1.807, 2.05) is 0 Å². The first-order valence-electron chi connectivity index (χ1n) is 8.85. The summed E-state index contributed by atoms with van der Waals surface area (Å²) in [6.07, 6.45) is 1.54. The fraction of sp³-hybridized carbons (Fsp3) is 0.632. The average Bonchev–Trinajstić information content (AvgIpc) is 2.54. The van der Waals surface area contributed by atoms with Crippen molar-refractivity contribution in [1.29, 1.82) is 0 Å². The van der Waals surface area contributed by atoms with Crippen LogP contribution < -0.4 is 5.73 Å². The van der Waals surface area contributed by atoms with Crippen LogP contribution in [0.3, 0.4) is 0 Å². The van der Waals surface area contributed by atoms with Crippen LogP contribution in [0.2, 0.25) is 0 Å². The van der Waals surface area contributed by atoms with Gasteiger partial charge in [-0.05, 0) is 42.7 Å². The van der Waals surface area contributed by atoms with Crippen molar-refractivity contribution in [2.75, 3.05) is 13.1 Å². The maximum Gasteiger partial charge on any atom is 0.222 e. The molecule has 1 heterocycles. The summed E-state index contributed by atoms with van der Waals surface area (Å²) in [5.41, 5.74) is 4.11. The second-order valence-corrected chi connectivity index (χ2v) is 8.07. The van der Waals surface area contributed by atoms with Crippen molar-refractivity contribution < 1.29 is 18.7 Å². The van der Waals surface area contributed by atoms with Crippen molar-refractivity contribution in [2.24, 2.45) is 17.1 Å². The topological polar surface area (TPSA) is 66.6 Å². The molecule has 1 amide bonds. The highest BCUT2D eigenvalue weighted by molar-refractivity contribution is 5.77. The molecule has 2 unspecified atom stereocenters.